The minimum absolute atomic E-state index is 0.0268. The number of carbonyl (C=O) groups is 1. The number of hydrogen-bond donors (Lipinski definition) is 4. The third-order valence-corrected chi connectivity index (χ3v) is 6.87. The molecule has 0 atom stereocenters. The zero-order chi connectivity index (χ0) is 26.7. The second kappa shape index (κ2) is 11.8. The van der Waals surface area contributed by atoms with Gasteiger partial charge in [0.2, 0.25) is 5.95 Å². The summed E-state index contributed by atoms with van der Waals surface area (Å²) < 4.78 is 20.2. The Morgan fingerprint density at radius 2 is 1.92 bits per heavy atom. The summed E-state index contributed by atoms with van der Waals surface area (Å²) in [6.45, 7) is 1.91. The van der Waals surface area contributed by atoms with Crippen LogP contribution in [0.4, 0.5) is 21.8 Å². The van der Waals surface area contributed by atoms with Gasteiger partial charge in [0.25, 0.3) is 5.91 Å². The van der Waals surface area contributed by atoms with Crippen LogP contribution in [0.3, 0.4) is 0 Å². The summed E-state index contributed by atoms with van der Waals surface area (Å²) in [4.78, 5) is 22.6. The van der Waals surface area contributed by atoms with Crippen LogP contribution in [0.5, 0.6) is 11.5 Å². The SMILES string of the molecule is O=C(Nc1cc(Br)cc(Cl)c1O)c1c(Br)cc(/C=N\Nc2ncc(F)c(N3CCOCC3)n2)c(O)c1Cl. The molecule has 1 saturated heterocycles. The molecule has 15 heteroatoms. The van der Waals surface area contributed by atoms with Gasteiger partial charge in [0.15, 0.2) is 17.4 Å². The van der Waals surface area contributed by atoms with Crippen molar-refractivity contribution in [1.29, 1.82) is 0 Å². The number of amides is 1. The fourth-order valence-corrected chi connectivity index (χ4v) is 5.19. The topological polar surface area (TPSA) is 132 Å². The van der Waals surface area contributed by atoms with E-state index in [1.165, 1.54) is 24.4 Å². The summed E-state index contributed by atoms with van der Waals surface area (Å²) in [6.07, 6.45) is 2.26. The number of rotatable bonds is 6. The zero-order valence-corrected chi connectivity index (χ0v) is 23.3. The average Bonchev–Trinajstić information content (AvgIpc) is 2.86. The summed E-state index contributed by atoms with van der Waals surface area (Å²) in [6, 6.07) is 4.33. The second-order valence-electron chi connectivity index (χ2n) is 7.56. The van der Waals surface area contributed by atoms with Crippen molar-refractivity contribution < 1.29 is 24.1 Å². The molecule has 2 heterocycles. The summed E-state index contributed by atoms with van der Waals surface area (Å²) in [7, 11) is 0. The van der Waals surface area contributed by atoms with Crippen LogP contribution >= 0.6 is 55.1 Å². The summed E-state index contributed by atoms with van der Waals surface area (Å²) in [5.41, 5.74) is 2.69. The Morgan fingerprint density at radius 3 is 2.65 bits per heavy atom. The molecule has 2 aromatic carbocycles. The lowest BCUT2D eigenvalue weighted by molar-refractivity contribution is 0.102. The summed E-state index contributed by atoms with van der Waals surface area (Å²) in [5.74, 6) is -1.88. The standard InChI is InChI=1S/C22H17Br2Cl2FN6O4/c23-11-6-13(25)19(35)15(7-11)30-21(36)16-12(24)5-10(18(34)17(16)26)8-29-32-22-28-9-14(27)20(31-22)33-1-3-37-4-2-33/h5-9,34-35H,1-4H2,(H,30,36)(H,28,31,32)/b29-8-. The molecule has 0 unspecified atom stereocenters. The third kappa shape index (κ3) is 6.24. The highest BCUT2D eigenvalue weighted by Gasteiger charge is 2.22. The van der Waals surface area contributed by atoms with E-state index in [1.54, 1.807) is 4.90 Å². The number of ether oxygens (including phenoxy) is 1. The molecule has 0 bridgehead atoms. The molecule has 1 aliphatic rings. The first-order chi connectivity index (χ1) is 17.7. The Labute approximate surface area is 236 Å². The number of aromatic nitrogens is 2. The van der Waals surface area contributed by atoms with Crippen LogP contribution < -0.4 is 15.6 Å². The molecule has 3 aromatic rings. The summed E-state index contributed by atoms with van der Waals surface area (Å²) >= 11 is 18.7. The maximum absolute atomic E-state index is 14.2. The lowest BCUT2D eigenvalue weighted by Crippen LogP contribution is -2.37. The van der Waals surface area contributed by atoms with Crippen molar-refractivity contribution >= 4 is 84.6 Å². The molecule has 4 rings (SSSR count). The van der Waals surface area contributed by atoms with Crippen LogP contribution in [0.2, 0.25) is 10.0 Å². The maximum atomic E-state index is 14.2. The molecule has 37 heavy (non-hydrogen) atoms. The average molecular weight is 679 g/mol. The number of nitrogens with zero attached hydrogens (tertiary/aromatic N) is 4. The van der Waals surface area contributed by atoms with Crippen LogP contribution in [0.15, 0.2) is 38.4 Å². The van der Waals surface area contributed by atoms with E-state index in [4.69, 9.17) is 27.9 Å². The van der Waals surface area contributed by atoms with Gasteiger partial charge in [0.1, 0.15) is 5.75 Å². The minimum atomic E-state index is -0.714. The molecule has 0 aliphatic carbocycles. The lowest BCUT2D eigenvalue weighted by Gasteiger charge is -2.27. The smallest absolute Gasteiger partial charge is 0.258 e. The molecule has 0 spiro atoms. The highest BCUT2D eigenvalue weighted by molar-refractivity contribution is 9.10. The number of hydrogen-bond acceptors (Lipinski definition) is 9. The van der Waals surface area contributed by atoms with E-state index >= 15 is 0 Å². The quantitative estimate of drug-likeness (QED) is 0.155. The Morgan fingerprint density at radius 1 is 1.19 bits per heavy atom. The molecule has 1 aromatic heterocycles. The molecular formula is C22H17Br2Cl2FN6O4. The van der Waals surface area contributed by atoms with E-state index < -0.39 is 17.5 Å². The number of phenolic OH excluding ortho intramolecular Hbond substituents is 2. The number of morpholine rings is 1. The Balaban J connectivity index is 1.52. The van der Waals surface area contributed by atoms with Crippen LogP contribution in [0.25, 0.3) is 0 Å². The predicted octanol–water partition coefficient (Wildman–Crippen LogP) is 5.39. The number of carbonyl (C=O) groups excluding carboxylic acids is 1. The van der Waals surface area contributed by atoms with Gasteiger partial charge in [-0.05, 0) is 34.1 Å². The first-order valence-electron chi connectivity index (χ1n) is 10.5. The van der Waals surface area contributed by atoms with Crippen LogP contribution in [-0.2, 0) is 4.74 Å². The van der Waals surface area contributed by atoms with E-state index in [2.05, 4.69) is 57.7 Å². The number of hydrazone groups is 1. The normalized spacial score (nSPS) is 13.7. The second-order valence-corrected chi connectivity index (χ2v) is 10.1. The molecule has 1 aliphatic heterocycles. The van der Waals surface area contributed by atoms with E-state index in [1.807, 2.05) is 0 Å². The fourth-order valence-electron chi connectivity index (χ4n) is 3.35. The van der Waals surface area contributed by atoms with Crippen LogP contribution in [-0.4, -0.2) is 58.6 Å². The molecule has 10 nitrogen and oxygen atoms in total. The van der Waals surface area contributed by atoms with Gasteiger partial charge >= 0.3 is 0 Å². The molecule has 0 radical (unpaired) electrons. The van der Waals surface area contributed by atoms with Crippen LogP contribution in [0.1, 0.15) is 15.9 Å². The number of benzene rings is 2. The van der Waals surface area contributed by atoms with E-state index in [9.17, 15) is 19.4 Å². The van der Waals surface area contributed by atoms with Gasteiger partial charge in [-0.2, -0.15) is 10.1 Å². The monoisotopic (exact) mass is 676 g/mol. The summed E-state index contributed by atoms with van der Waals surface area (Å²) in [5, 5.41) is 27.0. The van der Waals surface area contributed by atoms with Crippen molar-refractivity contribution in [2.75, 3.05) is 41.9 Å². The third-order valence-electron chi connectivity index (χ3n) is 5.13. The van der Waals surface area contributed by atoms with E-state index in [0.29, 0.717) is 30.8 Å². The number of nitrogens with one attached hydrogen (secondary N) is 2. The first kappa shape index (κ1) is 27.3. The molecule has 4 N–H and O–H groups in total. The zero-order valence-electron chi connectivity index (χ0n) is 18.6. The number of aromatic hydroxyl groups is 2. The molecule has 194 valence electrons. The lowest BCUT2D eigenvalue weighted by atomic mass is 10.1. The first-order valence-corrected chi connectivity index (χ1v) is 12.8. The number of phenols is 2. The minimum Gasteiger partial charge on any atom is -0.506 e. The van der Waals surface area contributed by atoms with Crippen LogP contribution in [0, 0.1) is 5.82 Å². The number of halogens is 5. The van der Waals surface area contributed by atoms with Crippen molar-refractivity contribution in [1.82, 2.24) is 9.97 Å². The van der Waals surface area contributed by atoms with E-state index in [0.717, 1.165) is 6.20 Å². The van der Waals surface area contributed by atoms with Gasteiger partial charge in [0, 0.05) is 27.6 Å². The van der Waals surface area contributed by atoms with Gasteiger partial charge in [-0.25, -0.2) is 14.8 Å². The predicted molar refractivity (Wildman–Crippen MR) is 146 cm³/mol. The molecular weight excluding hydrogens is 662 g/mol. The van der Waals surface area contributed by atoms with E-state index in [-0.39, 0.29) is 48.8 Å². The molecule has 0 saturated carbocycles. The van der Waals surface area contributed by atoms with Crippen molar-refractivity contribution in [3.8, 4) is 11.5 Å². The van der Waals surface area contributed by atoms with Gasteiger partial charge < -0.3 is 25.2 Å². The van der Waals surface area contributed by atoms with Crippen molar-refractivity contribution in [3.05, 3.63) is 60.3 Å². The fraction of sp³-hybridized carbons (Fsp3) is 0.182. The Hall–Kier alpha value is -2.71. The van der Waals surface area contributed by atoms with Crippen molar-refractivity contribution in [3.63, 3.8) is 0 Å². The molecule has 1 amide bonds. The van der Waals surface area contributed by atoms with Gasteiger partial charge in [0.05, 0.1) is 46.9 Å². The van der Waals surface area contributed by atoms with Gasteiger partial charge in [-0.15, -0.1) is 0 Å². The van der Waals surface area contributed by atoms with Crippen molar-refractivity contribution in [2.45, 2.75) is 0 Å². The van der Waals surface area contributed by atoms with Gasteiger partial charge in [-0.3, -0.25) is 4.79 Å². The molecule has 1 fully saturated rings. The Kier molecular flexibility index (Phi) is 8.70. The largest absolute Gasteiger partial charge is 0.506 e. The van der Waals surface area contributed by atoms with Crippen molar-refractivity contribution in [2.24, 2.45) is 5.10 Å². The maximum Gasteiger partial charge on any atom is 0.258 e. The highest BCUT2D eigenvalue weighted by Crippen LogP contribution is 2.39. The highest BCUT2D eigenvalue weighted by atomic mass is 79.9. The number of anilines is 3. The Bertz CT molecular complexity index is 1390. The van der Waals surface area contributed by atoms with Gasteiger partial charge in [-0.1, -0.05) is 39.1 Å².